The lowest BCUT2D eigenvalue weighted by atomic mass is 9.90. The average Bonchev–Trinajstić information content (AvgIpc) is 2.38. The quantitative estimate of drug-likeness (QED) is 0.790. The monoisotopic (exact) mass is 296 g/mol. The highest BCUT2D eigenvalue weighted by atomic mass is 19.4. The average molecular weight is 296 g/mol. The summed E-state index contributed by atoms with van der Waals surface area (Å²) in [6.07, 6.45) is -2.63. The van der Waals surface area contributed by atoms with E-state index in [-0.39, 0.29) is 25.6 Å². The molecular formula is C14H27F3N2O. The van der Waals surface area contributed by atoms with E-state index in [4.69, 9.17) is 0 Å². The zero-order chi connectivity index (χ0) is 15.4. The van der Waals surface area contributed by atoms with Gasteiger partial charge >= 0.3 is 6.18 Å². The molecule has 0 aromatic rings. The van der Waals surface area contributed by atoms with Crippen LogP contribution in [0.25, 0.3) is 0 Å². The molecule has 1 saturated heterocycles. The van der Waals surface area contributed by atoms with Gasteiger partial charge in [-0.3, -0.25) is 4.90 Å². The molecular weight excluding hydrogens is 269 g/mol. The smallest absolute Gasteiger partial charge is 0.393 e. The van der Waals surface area contributed by atoms with Crippen LogP contribution in [0.1, 0.15) is 40.0 Å². The molecule has 3 atom stereocenters. The van der Waals surface area contributed by atoms with Crippen LogP contribution < -0.4 is 5.32 Å². The van der Waals surface area contributed by atoms with Crippen LogP contribution in [0.5, 0.6) is 0 Å². The van der Waals surface area contributed by atoms with Crippen LogP contribution in [0.4, 0.5) is 13.2 Å². The number of hydrogen-bond acceptors (Lipinski definition) is 3. The fraction of sp³-hybridized carbons (Fsp3) is 1.00. The summed E-state index contributed by atoms with van der Waals surface area (Å²) in [5, 5.41) is 12.7. The van der Waals surface area contributed by atoms with Crippen molar-refractivity contribution in [1.82, 2.24) is 10.2 Å². The van der Waals surface area contributed by atoms with Gasteiger partial charge in [-0.05, 0) is 46.2 Å². The number of rotatable bonds is 6. The van der Waals surface area contributed by atoms with Gasteiger partial charge < -0.3 is 10.4 Å². The Morgan fingerprint density at radius 2 is 2.05 bits per heavy atom. The number of piperidine rings is 1. The maximum atomic E-state index is 12.8. The van der Waals surface area contributed by atoms with Crippen LogP contribution in [-0.2, 0) is 0 Å². The zero-order valence-corrected chi connectivity index (χ0v) is 12.6. The van der Waals surface area contributed by atoms with E-state index in [0.717, 1.165) is 6.54 Å². The van der Waals surface area contributed by atoms with Crippen molar-refractivity contribution < 1.29 is 18.3 Å². The van der Waals surface area contributed by atoms with Crippen LogP contribution in [-0.4, -0.2) is 54.0 Å². The summed E-state index contributed by atoms with van der Waals surface area (Å²) in [5.74, 6) is -1.21. The maximum absolute atomic E-state index is 12.8. The summed E-state index contributed by atoms with van der Waals surface area (Å²) in [4.78, 5) is 1.91. The van der Waals surface area contributed by atoms with Gasteiger partial charge in [0, 0.05) is 18.1 Å². The van der Waals surface area contributed by atoms with Crippen molar-refractivity contribution >= 4 is 0 Å². The first-order chi connectivity index (χ1) is 9.22. The van der Waals surface area contributed by atoms with E-state index in [2.05, 4.69) is 5.32 Å². The van der Waals surface area contributed by atoms with Gasteiger partial charge in [-0.15, -0.1) is 0 Å². The highest BCUT2D eigenvalue weighted by Crippen LogP contribution is 2.34. The Bertz CT molecular complexity index is 299. The largest absolute Gasteiger partial charge is 0.394 e. The van der Waals surface area contributed by atoms with E-state index in [1.54, 1.807) is 0 Å². The molecule has 0 radical (unpaired) electrons. The van der Waals surface area contributed by atoms with Crippen LogP contribution in [0.2, 0.25) is 0 Å². The summed E-state index contributed by atoms with van der Waals surface area (Å²) in [7, 11) is 0. The minimum absolute atomic E-state index is 0.0122. The Morgan fingerprint density at radius 3 is 2.55 bits per heavy atom. The van der Waals surface area contributed by atoms with Gasteiger partial charge in [0.25, 0.3) is 0 Å². The molecule has 0 aromatic heterocycles. The summed E-state index contributed by atoms with van der Waals surface area (Å²) in [6.45, 7) is 7.33. The molecule has 20 heavy (non-hydrogen) atoms. The predicted octanol–water partition coefficient (Wildman–Crippen LogP) is 2.40. The Morgan fingerprint density at radius 1 is 1.40 bits per heavy atom. The highest BCUT2D eigenvalue weighted by Gasteiger charge is 2.42. The number of aliphatic hydroxyl groups is 1. The molecule has 1 aliphatic heterocycles. The molecule has 3 nitrogen and oxygen atoms in total. The maximum Gasteiger partial charge on any atom is 0.393 e. The third-order valence-corrected chi connectivity index (χ3v) is 4.24. The number of likely N-dealkylation sites (N-methyl/N-ethyl adjacent to an activating group) is 1. The van der Waals surface area contributed by atoms with Crippen molar-refractivity contribution in [3.63, 3.8) is 0 Å². The standard InChI is InChI=1S/C14H27F3N2O/c1-4-18-13(3,10-20)8-11(2)19-7-5-6-12(9-19)14(15,16)17/h11-12,18,20H,4-10H2,1-3H3. The number of nitrogens with zero attached hydrogens (tertiary/aromatic N) is 1. The van der Waals surface area contributed by atoms with Crippen molar-refractivity contribution in [3.05, 3.63) is 0 Å². The van der Waals surface area contributed by atoms with Crippen molar-refractivity contribution in [2.75, 3.05) is 26.2 Å². The molecule has 6 heteroatoms. The third kappa shape index (κ3) is 4.90. The summed E-state index contributed by atoms with van der Waals surface area (Å²) < 4.78 is 38.5. The third-order valence-electron chi connectivity index (χ3n) is 4.24. The molecule has 2 N–H and O–H groups in total. The number of likely N-dealkylation sites (tertiary alicyclic amines) is 1. The molecule has 0 saturated carbocycles. The number of hydrogen-bond donors (Lipinski definition) is 2. The van der Waals surface area contributed by atoms with E-state index >= 15 is 0 Å². The zero-order valence-electron chi connectivity index (χ0n) is 12.6. The molecule has 0 spiro atoms. The minimum Gasteiger partial charge on any atom is -0.394 e. The van der Waals surface area contributed by atoms with Crippen LogP contribution >= 0.6 is 0 Å². The van der Waals surface area contributed by atoms with E-state index in [0.29, 0.717) is 19.4 Å². The van der Waals surface area contributed by atoms with Gasteiger partial charge in [0.2, 0.25) is 0 Å². The highest BCUT2D eigenvalue weighted by molar-refractivity contribution is 4.89. The Balaban J connectivity index is 2.60. The number of aliphatic hydroxyl groups excluding tert-OH is 1. The number of halogens is 3. The molecule has 0 aliphatic carbocycles. The molecule has 0 amide bonds. The van der Waals surface area contributed by atoms with Gasteiger partial charge in [-0.1, -0.05) is 6.92 Å². The molecule has 1 aliphatic rings. The number of alkyl halides is 3. The lowest BCUT2D eigenvalue weighted by Gasteiger charge is -2.41. The molecule has 1 heterocycles. The second-order valence-electron chi connectivity index (χ2n) is 6.18. The van der Waals surface area contributed by atoms with E-state index in [1.807, 2.05) is 25.7 Å². The Hall–Kier alpha value is -0.330. The number of nitrogens with one attached hydrogen (secondary N) is 1. The summed E-state index contributed by atoms with van der Waals surface area (Å²) in [5.41, 5.74) is -0.431. The Labute approximate surface area is 119 Å². The SMILES string of the molecule is CCNC(C)(CO)CC(C)N1CCCC(C(F)(F)F)C1. The van der Waals surface area contributed by atoms with Crippen molar-refractivity contribution in [3.8, 4) is 0 Å². The van der Waals surface area contributed by atoms with Crippen LogP contribution in [0.3, 0.4) is 0 Å². The normalized spacial score (nSPS) is 26.2. The second-order valence-corrected chi connectivity index (χ2v) is 6.18. The molecule has 0 bridgehead atoms. The first-order valence-electron chi connectivity index (χ1n) is 7.38. The summed E-state index contributed by atoms with van der Waals surface area (Å²) in [6, 6.07) is 0.0244. The first-order valence-corrected chi connectivity index (χ1v) is 7.38. The fourth-order valence-corrected chi connectivity index (χ4v) is 3.07. The lowest BCUT2D eigenvalue weighted by Crippen LogP contribution is -2.53. The lowest BCUT2D eigenvalue weighted by molar-refractivity contribution is -0.188. The van der Waals surface area contributed by atoms with Gasteiger partial charge in [-0.2, -0.15) is 13.2 Å². The van der Waals surface area contributed by atoms with Crippen molar-refractivity contribution in [2.24, 2.45) is 5.92 Å². The molecule has 120 valence electrons. The molecule has 3 unspecified atom stereocenters. The van der Waals surface area contributed by atoms with E-state index in [1.165, 1.54) is 0 Å². The topological polar surface area (TPSA) is 35.5 Å². The first kappa shape index (κ1) is 17.7. The van der Waals surface area contributed by atoms with Crippen LogP contribution in [0, 0.1) is 5.92 Å². The van der Waals surface area contributed by atoms with Gasteiger partial charge in [0.1, 0.15) is 0 Å². The van der Waals surface area contributed by atoms with E-state index < -0.39 is 17.6 Å². The fourth-order valence-electron chi connectivity index (χ4n) is 3.07. The molecule has 1 fully saturated rings. The van der Waals surface area contributed by atoms with E-state index in [9.17, 15) is 18.3 Å². The molecule has 0 aromatic carbocycles. The van der Waals surface area contributed by atoms with Gasteiger partial charge in [0.15, 0.2) is 0 Å². The van der Waals surface area contributed by atoms with Crippen LogP contribution in [0.15, 0.2) is 0 Å². The minimum atomic E-state index is -4.10. The molecule has 1 rings (SSSR count). The van der Waals surface area contributed by atoms with Crippen molar-refractivity contribution in [2.45, 2.75) is 57.8 Å². The van der Waals surface area contributed by atoms with Crippen molar-refractivity contribution in [1.29, 1.82) is 0 Å². The summed E-state index contributed by atoms with van der Waals surface area (Å²) >= 11 is 0. The second kappa shape index (κ2) is 7.09. The van der Waals surface area contributed by atoms with Gasteiger partial charge in [-0.25, -0.2) is 0 Å². The van der Waals surface area contributed by atoms with Gasteiger partial charge in [0.05, 0.1) is 12.5 Å². The predicted molar refractivity (Wildman–Crippen MR) is 73.6 cm³/mol. The Kier molecular flexibility index (Phi) is 6.28.